The van der Waals surface area contributed by atoms with Crippen LogP contribution >= 0.6 is 0 Å². The van der Waals surface area contributed by atoms with E-state index < -0.39 is 39.3 Å². The predicted octanol–water partition coefficient (Wildman–Crippen LogP) is 1.76. The molecule has 7 nitrogen and oxygen atoms in total. The van der Waals surface area contributed by atoms with Crippen molar-refractivity contribution in [3.63, 3.8) is 0 Å². The zero-order chi connectivity index (χ0) is 21.5. The molecular weight excluding hydrogens is 404 g/mol. The van der Waals surface area contributed by atoms with Gasteiger partial charge in [-0.1, -0.05) is 12.1 Å². The standard InChI is InChI=1S/C19H19F2N3O4S/c1-4-23-15-9-8-13(29(27,28)22(2)3)10-16(15)24(19(26)18(23)25)11-12-6-5-7-14(20)17(12)21/h5-10H,4,11H2,1-3H3. The smallest absolute Gasteiger partial charge is 0.302 e. The van der Waals surface area contributed by atoms with Crippen LogP contribution in [-0.2, 0) is 23.1 Å². The topological polar surface area (TPSA) is 81.4 Å². The van der Waals surface area contributed by atoms with Crippen LogP contribution in [0.1, 0.15) is 12.5 Å². The highest BCUT2D eigenvalue weighted by Gasteiger charge is 2.21. The number of benzene rings is 2. The third kappa shape index (κ3) is 3.49. The Morgan fingerprint density at radius 3 is 2.24 bits per heavy atom. The quantitative estimate of drug-likeness (QED) is 0.586. The molecule has 0 radical (unpaired) electrons. The average Bonchev–Trinajstić information content (AvgIpc) is 2.68. The number of hydrogen-bond donors (Lipinski definition) is 0. The lowest BCUT2D eigenvalue weighted by Gasteiger charge is -2.17. The fourth-order valence-corrected chi connectivity index (χ4v) is 4.00. The molecule has 0 saturated heterocycles. The second-order valence-electron chi connectivity index (χ2n) is 6.59. The molecule has 3 rings (SSSR count). The molecule has 0 amide bonds. The van der Waals surface area contributed by atoms with Crippen LogP contribution in [0, 0.1) is 11.6 Å². The minimum atomic E-state index is -3.82. The summed E-state index contributed by atoms with van der Waals surface area (Å²) in [5, 5.41) is 0. The summed E-state index contributed by atoms with van der Waals surface area (Å²) in [6.07, 6.45) is 0. The minimum Gasteiger partial charge on any atom is -0.302 e. The summed E-state index contributed by atoms with van der Waals surface area (Å²) in [5.41, 5.74) is -1.49. The minimum absolute atomic E-state index is 0.0934. The van der Waals surface area contributed by atoms with E-state index in [9.17, 15) is 26.8 Å². The molecular formula is C19H19F2N3O4S. The summed E-state index contributed by atoms with van der Waals surface area (Å²) in [6, 6.07) is 7.54. The summed E-state index contributed by atoms with van der Waals surface area (Å²) < 4.78 is 56.0. The molecule has 0 atom stereocenters. The van der Waals surface area contributed by atoms with E-state index in [0.717, 1.165) is 14.9 Å². The van der Waals surface area contributed by atoms with Crippen molar-refractivity contribution in [2.24, 2.45) is 0 Å². The lowest BCUT2D eigenvalue weighted by Crippen LogP contribution is -2.41. The maximum Gasteiger partial charge on any atom is 0.317 e. The van der Waals surface area contributed by atoms with Gasteiger partial charge in [0.2, 0.25) is 10.0 Å². The molecule has 0 aliphatic carbocycles. The molecule has 0 N–H and O–H groups in total. The number of nitrogens with zero attached hydrogens (tertiary/aromatic N) is 3. The number of aromatic nitrogens is 2. The van der Waals surface area contributed by atoms with E-state index in [-0.39, 0.29) is 22.5 Å². The van der Waals surface area contributed by atoms with Gasteiger partial charge >= 0.3 is 11.1 Å². The molecule has 0 bridgehead atoms. The van der Waals surface area contributed by atoms with E-state index in [1.54, 1.807) is 6.92 Å². The van der Waals surface area contributed by atoms with Crippen molar-refractivity contribution in [3.05, 3.63) is 74.3 Å². The first-order valence-electron chi connectivity index (χ1n) is 8.72. The lowest BCUT2D eigenvalue weighted by molar-refractivity contribution is 0.495. The molecule has 154 valence electrons. The second kappa shape index (κ2) is 7.53. The maximum absolute atomic E-state index is 14.2. The summed E-state index contributed by atoms with van der Waals surface area (Å²) in [5.74, 6) is -2.22. The Morgan fingerprint density at radius 2 is 1.62 bits per heavy atom. The molecule has 0 spiro atoms. The van der Waals surface area contributed by atoms with Crippen LogP contribution in [0.4, 0.5) is 8.78 Å². The second-order valence-corrected chi connectivity index (χ2v) is 8.74. The average molecular weight is 423 g/mol. The van der Waals surface area contributed by atoms with Gasteiger partial charge in [0, 0.05) is 26.2 Å². The van der Waals surface area contributed by atoms with E-state index in [1.165, 1.54) is 49.0 Å². The normalized spacial score (nSPS) is 12.1. The molecule has 3 aromatic rings. The van der Waals surface area contributed by atoms with E-state index in [2.05, 4.69) is 0 Å². The van der Waals surface area contributed by atoms with E-state index in [1.807, 2.05) is 0 Å². The Kier molecular flexibility index (Phi) is 5.42. The SMILES string of the molecule is CCn1c(=O)c(=O)n(Cc2cccc(F)c2F)c2cc(S(=O)(=O)N(C)C)ccc21. The Morgan fingerprint density at radius 1 is 0.966 bits per heavy atom. The van der Waals surface area contributed by atoms with Crippen LogP contribution in [0.5, 0.6) is 0 Å². The summed E-state index contributed by atoms with van der Waals surface area (Å²) >= 11 is 0. The zero-order valence-electron chi connectivity index (χ0n) is 16.0. The molecule has 0 unspecified atom stereocenters. The van der Waals surface area contributed by atoms with Gasteiger partial charge < -0.3 is 4.57 Å². The van der Waals surface area contributed by atoms with Gasteiger partial charge in [0.1, 0.15) is 0 Å². The van der Waals surface area contributed by atoms with Crippen LogP contribution < -0.4 is 11.1 Å². The number of sulfonamides is 1. The number of halogens is 2. The van der Waals surface area contributed by atoms with Gasteiger partial charge in [0.25, 0.3) is 0 Å². The van der Waals surface area contributed by atoms with Crippen molar-refractivity contribution in [1.82, 2.24) is 13.4 Å². The maximum atomic E-state index is 14.2. The van der Waals surface area contributed by atoms with Crippen molar-refractivity contribution in [2.45, 2.75) is 24.9 Å². The van der Waals surface area contributed by atoms with E-state index >= 15 is 0 Å². The van der Waals surface area contributed by atoms with Crippen molar-refractivity contribution in [2.75, 3.05) is 14.1 Å². The number of fused-ring (bicyclic) bond motifs is 1. The molecule has 1 heterocycles. The predicted molar refractivity (Wildman–Crippen MR) is 104 cm³/mol. The number of hydrogen-bond acceptors (Lipinski definition) is 4. The van der Waals surface area contributed by atoms with Crippen molar-refractivity contribution in [3.8, 4) is 0 Å². The summed E-state index contributed by atoms with van der Waals surface area (Å²) in [6.45, 7) is 1.42. The molecule has 0 aliphatic heterocycles. The van der Waals surface area contributed by atoms with Gasteiger partial charge in [-0.05, 0) is 31.2 Å². The summed E-state index contributed by atoms with van der Waals surface area (Å²) in [4.78, 5) is 25.1. The lowest BCUT2D eigenvalue weighted by atomic mass is 10.2. The largest absolute Gasteiger partial charge is 0.317 e. The van der Waals surface area contributed by atoms with Gasteiger partial charge in [0.15, 0.2) is 11.6 Å². The van der Waals surface area contributed by atoms with Gasteiger partial charge in [-0.2, -0.15) is 0 Å². The number of aryl methyl sites for hydroxylation is 1. The van der Waals surface area contributed by atoms with Gasteiger partial charge in [-0.25, -0.2) is 21.5 Å². The van der Waals surface area contributed by atoms with Gasteiger partial charge in [0.05, 0.1) is 22.5 Å². The fourth-order valence-electron chi connectivity index (χ4n) is 3.08. The molecule has 0 aliphatic rings. The third-order valence-electron chi connectivity index (χ3n) is 4.66. The third-order valence-corrected chi connectivity index (χ3v) is 6.47. The Balaban J connectivity index is 2.38. The molecule has 1 aromatic heterocycles. The van der Waals surface area contributed by atoms with Crippen LogP contribution in [0.3, 0.4) is 0 Å². The van der Waals surface area contributed by atoms with Crippen LogP contribution in [0.25, 0.3) is 11.0 Å². The monoisotopic (exact) mass is 423 g/mol. The molecule has 10 heteroatoms. The van der Waals surface area contributed by atoms with Crippen molar-refractivity contribution >= 4 is 21.1 Å². The van der Waals surface area contributed by atoms with Crippen LogP contribution in [0.15, 0.2) is 50.9 Å². The molecule has 2 aromatic carbocycles. The first-order valence-corrected chi connectivity index (χ1v) is 10.2. The number of rotatable bonds is 5. The Bertz CT molecular complexity index is 1330. The highest BCUT2D eigenvalue weighted by molar-refractivity contribution is 7.89. The van der Waals surface area contributed by atoms with Crippen molar-refractivity contribution in [1.29, 1.82) is 0 Å². The van der Waals surface area contributed by atoms with Crippen LogP contribution in [-0.4, -0.2) is 36.0 Å². The molecule has 29 heavy (non-hydrogen) atoms. The highest BCUT2D eigenvalue weighted by Crippen LogP contribution is 2.21. The first-order chi connectivity index (χ1) is 13.6. The van der Waals surface area contributed by atoms with Gasteiger partial charge in [-0.3, -0.25) is 14.2 Å². The highest BCUT2D eigenvalue weighted by atomic mass is 32.2. The van der Waals surface area contributed by atoms with Gasteiger partial charge in [-0.15, -0.1) is 0 Å². The Hall–Kier alpha value is -2.85. The van der Waals surface area contributed by atoms with Crippen molar-refractivity contribution < 1.29 is 17.2 Å². The fraction of sp³-hybridized carbons (Fsp3) is 0.263. The first kappa shape index (κ1) is 20.9. The van der Waals surface area contributed by atoms with Crippen LogP contribution in [0.2, 0.25) is 0 Å². The van der Waals surface area contributed by atoms with E-state index in [0.29, 0.717) is 5.52 Å². The molecule has 0 fully saturated rings. The molecule has 0 saturated carbocycles. The van der Waals surface area contributed by atoms with E-state index in [4.69, 9.17) is 0 Å². The summed E-state index contributed by atoms with van der Waals surface area (Å²) in [7, 11) is -1.09. The zero-order valence-corrected chi connectivity index (χ0v) is 16.8. The Labute approximate surface area is 165 Å².